The molecular weight excluding hydrogens is 182 g/mol. The van der Waals surface area contributed by atoms with Gasteiger partial charge in [0.15, 0.2) is 0 Å². The van der Waals surface area contributed by atoms with E-state index in [0.717, 1.165) is 0 Å². The summed E-state index contributed by atoms with van der Waals surface area (Å²) < 4.78 is 0. The SMILES string of the molecule is CN(C)c1cccc(CO)c1C(=O)O. The van der Waals surface area contributed by atoms with Crippen molar-refractivity contribution in [3.8, 4) is 0 Å². The Hall–Kier alpha value is -1.55. The average molecular weight is 195 g/mol. The summed E-state index contributed by atoms with van der Waals surface area (Å²) in [5.41, 5.74) is 1.20. The number of hydrogen-bond donors (Lipinski definition) is 2. The summed E-state index contributed by atoms with van der Waals surface area (Å²) in [6, 6.07) is 5.05. The van der Waals surface area contributed by atoms with Crippen LogP contribution >= 0.6 is 0 Å². The molecule has 0 atom stereocenters. The van der Waals surface area contributed by atoms with Gasteiger partial charge in [0, 0.05) is 14.1 Å². The highest BCUT2D eigenvalue weighted by Gasteiger charge is 2.15. The molecule has 0 saturated carbocycles. The zero-order chi connectivity index (χ0) is 10.7. The molecule has 0 amide bonds. The lowest BCUT2D eigenvalue weighted by atomic mass is 10.1. The van der Waals surface area contributed by atoms with E-state index in [9.17, 15) is 4.79 Å². The Morgan fingerprint density at radius 3 is 2.50 bits per heavy atom. The molecule has 0 fully saturated rings. The molecule has 0 saturated heterocycles. The van der Waals surface area contributed by atoms with Crippen LogP contribution in [0.4, 0.5) is 5.69 Å². The zero-order valence-electron chi connectivity index (χ0n) is 8.19. The Labute approximate surface area is 82.4 Å². The van der Waals surface area contributed by atoms with Gasteiger partial charge in [-0.25, -0.2) is 4.79 Å². The molecule has 14 heavy (non-hydrogen) atoms. The van der Waals surface area contributed by atoms with E-state index >= 15 is 0 Å². The van der Waals surface area contributed by atoms with Crippen molar-refractivity contribution in [1.29, 1.82) is 0 Å². The van der Waals surface area contributed by atoms with Crippen LogP contribution in [-0.4, -0.2) is 30.3 Å². The van der Waals surface area contributed by atoms with E-state index in [0.29, 0.717) is 11.3 Å². The van der Waals surface area contributed by atoms with Gasteiger partial charge in [0.25, 0.3) is 0 Å². The number of rotatable bonds is 3. The van der Waals surface area contributed by atoms with Gasteiger partial charge in [-0.3, -0.25) is 0 Å². The van der Waals surface area contributed by atoms with Gasteiger partial charge in [-0.2, -0.15) is 0 Å². The van der Waals surface area contributed by atoms with E-state index < -0.39 is 5.97 Å². The molecule has 0 spiro atoms. The van der Waals surface area contributed by atoms with Crippen molar-refractivity contribution in [2.75, 3.05) is 19.0 Å². The molecule has 1 rings (SSSR count). The summed E-state index contributed by atoms with van der Waals surface area (Å²) in [4.78, 5) is 12.7. The van der Waals surface area contributed by atoms with Crippen LogP contribution in [0.1, 0.15) is 15.9 Å². The normalized spacial score (nSPS) is 9.93. The molecule has 0 aliphatic carbocycles. The van der Waals surface area contributed by atoms with E-state index in [1.54, 1.807) is 37.2 Å². The maximum absolute atomic E-state index is 11.0. The van der Waals surface area contributed by atoms with Gasteiger partial charge in [-0.05, 0) is 11.6 Å². The number of nitrogens with zero attached hydrogens (tertiary/aromatic N) is 1. The summed E-state index contributed by atoms with van der Waals surface area (Å²) >= 11 is 0. The Morgan fingerprint density at radius 2 is 2.07 bits per heavy atom. The quantitative estimate of drug-likeness (QED) is 0.753. The van der Waals surface area contributed by atoms with E-state index in [1.807, 2.05) is 0 Å². The van der Waals surface area contributed by atoms with Crippen molar-refractivity contribution in [1.82, 2.24) is 0 Å². The van der Waals surface area contributed by atoms with Gasteiger partial charge in [-0.1, -0.05) is 12.1 Å². The third-order valence-corrected chi connectivity index (χ3v) is 1.99. The molecule has 1 aromatic carbocycles. The summed E-state index contributed by atoms with van der Waals surface area (Å²) in [7, 11) is 3.53. The van der Waals surface area contributed by atoms with Crippen LogP contribution < -0.4 is 4.90 Å². The van der Waals surface area contributed by atoms with E-state index in [4.69, 9.17) is 10.2 Å². The predicted octanol–water partition coefficient (Wildman–Crippen LogP) is 0.943. The lowest BCUT2D eigenvalue weighted by Crippen LogP contribution is -2.15. The van der Waals surface area contributed by atoms with Crippen molar-refractivity contribution in [2.45, 2.75) is 6.61 Å². The third kappa shape index (κ3) is 1.85. The number of benzene rings is 1. The van der Waals surface area contributed by atoms with Gasteiger partial charge in [0.05, 0.1) is 17.9 Å². The second-order valence-electron chi connectivity index (χ2n) is 3.17. The Morgan fingerprint density at radius 1 is 1.43 bits per heavy atom. The first-order chi connectivity index (χ1) is 6.57. The summed E-state index contributed by atoms with van der Waals surface area (Å²) in [6.45, 7) is -0.261. The van der Waals surface area contributed by atoms with Crippen LogP contribution in [0.2, 0.25) is 0 Å². The van der Waals surface area contributed by atoms with Gasteiger partial charge < -0.3 is 15.1 Å². The Kier molecular flexibility index (Phi) is 3.09. The number of anilines is 1. The molecule has 0 unspecified atom stereocenters. The van der Waals surface area contributed by atoms with Crippen LogP contribution in [0.5, 0.6) is 0 Å². The van der Waals surface area contributed by atoms with Gasteiger partial charge in [0.2, 0.25) is 0 Å². The minimum atomic E-state index is -1.02. The van der Waals surface area contributed by atoms with E-state index in [-0.39, 0.29) is 12.2 Å². The monoisotopic (exact) mass is 195 g/mol. The maximum Gasteiger partial charge on any atom is 0.338 e. The van der Waals surface area contributed by atoms with Crippen molar-refractivity contribution >= 4 is 11.7 Å². The van der Waals surface area contributed by atoms with Crippen LogP contribution in [0, 0.1) is 0 Å². The molecule has 2 N–H and O–H groups in total. The van der Waals surface area contributed by atoms with Gasteiger partial charge >= 0.3 is 5.97 Å². The summed E-state index contributed by atoms with van der Waals surface area (Å²) in [6.07, 6.45) is 0. The largest absolute Gasteiger partial charge is 0.478 e. The fourth-order valence-corrected chi connectivity index (χ4v) is 1.34. The molecule has 0 radical (unpaired) electrons. The predicted molar refractivity (Wildman–Crippen MR) is 53.7 cm³/mol. The molecule has 0 aliphatic rings. The van der Waals surface area contributed by atoms with Crippen molar-refractivity contribution in [3.63, 3.8) is 0 Å². The minimum absolute atomic E-state index is 0.167. The highest BCUT2D eigenvalue weighted by atomic mass is 16.4. The van der Waals surface area contributed by atoms with Crippen molar-refractivity contribution in [2.24, 2.45) is 0 Å². The average Bonchev–Trinajstić information content (AvgIpc) is 2.16. The molecule has 0 bridgehead atoms. The lowest BCUT2D eigenvalue weighted by Gasteiger charge is -2.17. The van der Waals surface area contributed by atoms with Crippen molar-refractivity contribution < 1.29 is 15.0 Å². The number of hydrogen-bond acceptors (Lipinski definition) is 3. The number of carbonyl (C=O) groups is 1. The summed E-state index contributed by atoms with van der Waals surface area (Å²) in [5.74, 6) is -1.02. The molecule has 4 heteroatoms. The van der Waals surface area contributed by atoms with E-state index in [2.05, 4.69) is 0 Å². The number of aromatic carboxylic acids is 1. The van der Waals surface area contributed by atoms with Crippen LogP contribution in [0.15, 0.2) is 18.2 Å². The van der Waals surface area contributed by atoms with Crippen molar-refractivity contribution in [3.05, 3.63) is 29.3 Å². The minimum Gasteiger partial charge on any atom is -0.478 e. The standard InChI is InChI=1S/C10H13NO3/c1-11(2)8-5-3-4-7(6-12)9(8)10(13)14/h3-5,12H,6H2,1-2H3,(H,13,14). The first kappa shape index (κ1) is 10.5. The summed E-state index contributed by atoms with van der Waals surface area (Å²) in [5, 5.41) is 18.0. The Balaban J connectivity index is 3.35. The number of aliphatic hydroxyl groups is 1. The van der Waals surface area contributed by atoms with Gasteiger partial charge in [-0.15, -0.1) is 0 Å². The molecule has 76 valence electrons. The molecule has 4 nitrogen and oxygen atoms in total. The van der Waals surface area contributed by atoms with Gasteiger partial charge in [0.1, 0.15) is 0 Å². The highest BCUT2D eigenvalue weighted by Crippen LogP contribution is 2.22. The molecule has 0 heterocycles. The first-order valence-electron chi connectivity index (χ1n) is 4.21. The maximum atomic E-state index is 11.0. The lowest BCUT2D eigenvalue weighted by molar-refractivity contribution is 0.0694. The third-order valence-electron chi connectivity index (χ3n) is 1.99. The Bertz CT molecular complexity index is 347. The smallest absolute Gasteiger partial charge is 0.338 e. The van der Waals surface area contributed by atoms with Crippen LogP contribution in [-0.2, 0) is 6.61 Å². The van der Waals surface area contributed by atoms with Crippen LogP contribution in [0.3, 0.4) is 0 Å². The molecular formula is C10H13NO3. The topological polar surface area (TPSA) is 60.8 Å². The first-order valence-corrected chi connectivity index (χ1v) is 4.21. The highest BCUT2D eigenvalue weighted by molar-refractivity contribution is 5.96. The number of carboxylic acids is 1. The molecule has 1 aromatic rings. The molecule has 0 aliphatic heterocycles. The fourth-order valence-electron chi connectivity index (χ4n) is 1.34. The van der Waals surface area contributed by atoms with E-state index in [1.165, 1.54) is 0 Å². The molecule has 0 aromatic heterocycles. The van der Waals surface area contributed by atoms with Crippen LogP contribution in [0.25, 0.3) is 0 Å². The number of carboxylic acid groups (broad SMARTS) is 1. The zero-order valence-corrected chi connectivity index (χ0v) is 8.19. The second-order valence-corrected chi connectivity index (χ2v) is 3.17. The second kappa shape index (κ2) is 4.11. The number of aliphatic hydroxyl groups excluding tert-OH is 1. The fraction of sp³-hybridized carbons (Fsp3) is 0.300.